The molecule has 1 heterocycles. The summed E-state index contributed by atoms with van der Waals surface area (Å²) in [6, 6.07) is 10.8. The van der Waals surface area contributed by atoms with Crippen molar-refractivity contribution in [1.82, 2.24) is 4.90 Å². The Labute approximate surface area is 167 Å². The van der Waals surface area contributed by atoms with Gasteiger partial charge in [0, 0.05) is 24.7 Å². The third-order valence-corrected chi connectivity index (χ3v) is 4.47. The van der Waals surface area contributed by atoms with Crippen LogP contribution >= 0.6 is 11.6 Å². The lowest BCUT2D eigenvalue weighted by Gasteiger charge is -2.26. The summed E-state index contributed by atoms with van der Waals surface area (Å²) in [6.07, 6.45) is 0. The van der Waals surface area contributed by atoms with Gasteiger partial charge in [-0.05, 0) is 35.9 Å². The first-order valence-corrected chi connectivity index (χ1v) is 9.20. The zero-order chi connectivity index (χ0) is 19.9. The highest BCUT2D eigenvalue weighted by atomic mass is 35.5. The molecule has 1 N–H and O–H groups in total. The Hall–Kier alpha value is -2.48. The monoisotopic (exact) mass is 406 g/mol. The lowest BCUT2D eigenvalue weighted by atomic mass is 10.1. The number of carbonyl (C=O) groups excluding carboxylic acids is 2. The van der Waals surface area contributed by atoms with Gasteiger partial charge in [-0.1, -0.05) is 23.7 Å². The summed E-state index contributed by atoms with van der Waals surface area (Å²) in [5, 5.41) is 2.60. The van der Waals surface area contributed by atoms with Crippen LogP contribution in [0.5, 0.6) is 0 Å². The molecule has 2 aromatic carbocycles. The number of esters is 1. The van der Waals surface area contributed by atoms with Gasteiger partial charge in [0.25, 0.3) is 5.91 Å². The Bertz CT molecular complexity index is 839. The van der Waals surface area contributed by atoms with E-state index in [9.17, 15) is 14.0 Å². The van der Waals surface area contributed by atoms with Crippen LogP contribution in [0.25, 0.3) is 0 Å². The quantitative estimate of drug-likeness (QED) is 0.746. The van der Waals surface area contributed by atoms with Crippen LogP contribution in [0.15, 0.2) is 42.5 Å². The van der Waals surface area contributed by atoms with Gasteiger partial charge in [0.15, 0.2) is 6.61 Å². The normalized spacial score (nSPS) is 14.5. The molecular formula is C20H20ClFN2O4. The van der Waals surface area contributed by atoms with Gasteiger partial charge >= 0.3 is 5.97 Å². The van der Waals surface area contributed by atoms with Crippen LogP contribution in [0.4, 0.5) is 10.1 Å². The summed E-state index contributed by atoms with van der Waals surface area (Å²) in [7, 11) is 0. The molecule has 1 aliphatic rings. The maximum absolute atomic E-state index is 13.6. The fourth-order valence-electron chi connectivity index (χ4n) is 2.76. The maximum atomic E-state index is 13.6. The van der Waals surface area contributed by atoms with Gasteiger partial charge in [-0.3, -0.25) is 9.69 Å². The second kappa shape index (κ2) is 9.64. The van der Waals surface area contributed by atoms with E-state index in [-0.39, 0.29) is 10.7 Å². The number of nitrogens with one attached hydrogen (secondary N) is 1. The summed E-state index contributed by atoms with van der Waals surface area (Å²) in [4.78, 5) is 26.2. The van der Waals surface area contributed by atoms with Crippen molar-refractivity contribution in [3.05, 3.63) is 64.4 Å². The average molecular weight is 407 g/mol. The molecule has 1 saturated heterocycles. The molecule has 1 fully saturated rings. The lowest BCUT2D eigenvalue weighted by molar-refractivity contribution is -0.119. The molecule has 1 aliphatic heterocycles. The number of rotatable bonds is 6. The Kier molecular flexibility index (Phi) is 6.97. The van der Waals surface area contributed by atoms with E-state index in [1.807, 2.05) is 12.1 Å². The van der Waals surface area contributed by atoms with E-state index in [1.165, 1.54) is 12.1 Å². The molecular weight excluding hydrogens is 387 g/mol. The number of nitrogens with zero attached hydrogens (tertiary/aromatic N) is 1. The molecule has 0 unspecified atom stereocenters. The summed E-state index contributed by atoms with van der Waals surface area (Å²) < 4.78 is 23.9. The highest BCUT2D eigenvalue weighted by molar-refractivity contribution is 6.30. The van der Waals surface area contributed by atoms with E-state index >= 15 is 0 Å². The minimum absolute atomic E-state index is 0.0685. The largest absolute Gasteiger partial charge is 0.452 e. The van der Waals surface area contributed by atoms with Gasteiger partial charge < -0.3 is 14.8 Å². The summed E-state index contributed by atoms with van der Waals surface area (Å²) in [5.74, 6) is -1.90. The number of benzene rings is 2. The number of amides is 1. The molecule has 148 valence electrons. The zero-order valence-electron chi connectivity index (χ0n) is 15.1. The first-order chi connectivity index (χ1) is 13.5. The first-order valence-electron chi connectivity index (χ1n) is 8.82. The van der Waals surface area contributed by atoms with Crippen molar-refractivity contribution < 1.29 is 23.5 Å². The predicted octanol–water partition coefficient (Wildman–Crippen LogP) is 3.11. The molecule has 28 heavy (non-hydrogen) atoms. The average Bonchev–Trinajstić information content (AvgIpc) is 2.70. The number of morpholine rings is 1. The topological polar surface area (TPSA) is 67.9 Å². The molecule has 0 aliphatic carbocycles. The van der Waals surface area contributed by atoms with Crippen LogP contribution < -0.4 is 5.32 Å². The molecule has 1 amide bonds. The van der Waals surface area contributed by atoms with E-state index in [0.717, 1.165) is 44.5 Å². The molecule has 0 spiro atoms. The fourth-order valence-corrected chi connectivity index (χ4v) is 2.93. The molecule has 6 nitrogen and oxygen atoms in total. The number of hydrogen-bond donors (Lipinski definition) is 1. The smallest absolute Gasteiger partial charge is 0.338 e. The van der Waals surface area contributed by atoms with Crippen molar-refractivity contribution in [2.75, 3.05) is 38.2 Å². The minimum atomic E-state index is -0.654. The molecule has 0 saturated carbocycles. The van der Waals surface area contributed by atoms with Crippen molar-refractivity contribution in [3.63, 3.8) is 0 Å². The highest BCUT2D eigenvalue weighted by Crippen LogP contribution is 2.19. The second-order valence-electron chi connectivity index (χ2n) is 6.33. The van der Waals surface area contributed by atoms with Crippen molar-refractivity contribution >= 4 is 29.2 Å². The summed E-state index contributed by atoms with van der Waals surface area (Å²) in [5.41, 5.74) is 1.35. The molecule has 0 atom stereocenters. The van der Waals surface area contributed by atoms with E-state index < -0.39 is 24.3 Å². The van der Waals surface area contributed by atoms with Gasteiger partial charge in [-0.2, -0.15) is 0 Å². The zero-order valence-corrected chi connectivity index (χ0v) is 15.9. The van der Waals surface area contributed by atoms with Crippen molar-refractivity contribution in [2.45, 2.75) is 6.54 Å². The summed E-state index contributed by atoms with van der Waals surface area (Å²) >= 11 is 5.77. The van der Waals surface area contributed by atoms with Crippen LogP contribution in [-0.4, -0.2) is 49.7 Å². The third kappa shape index (κ3) is 5.76. The number of anilines is 1. The van der Waals surface area contributed by atoms with Gasteiger partial charge in [0.1, 0.15) is 5.82 Å². The van der Waals surface area contributed by atoms with Crippen LogP contribution in [-0.2, 0) is 20.8 Å². The third-order valence-electron chi connectivity index (χ3n) is 4.24. The maximum Gasteiger partial charge on any atom is 0.338 e. The number of hydrogen-bond acceptors (Lipinski definition) is 5. The highest BCUT2D eigenvalue weighted by Gasteiger charge is 2.14. The van der Waals surface area contributed by atoms with Gasteiger partial charge in [0.05, 0.1) is 24.5 Å². The Morgan fingerprint density at radius 3 is 2.57 bits per heavy atom. The van der Waals surface area contributed by atoms with Crippen LogP contribution in [0.2, 0.25) is 5.02 Å². The second-order valence-corrected chi connectivity index (χ2v) is 6.77. The van der Waals surface area contributed by atoms with Crippen molar-refractivity contribution in [1.29, 1.82) is 0 Å². The first kappa shape index (κ1) is 20.3. The number of ether oxygens (including phenoxy) is 2. The van der Waals surface area contributed by atoms with Crippen molar-refractivity contribution in [3.8, 4) is 0 Å². The molecule has 2 aromatic rings. The van der Waals surface area contributed by atoms with Gasteiger partial charge in [0.2, 0.25) is 0 Å². The van der Waals surface area contributed by atoms with Gasteiger partial charge in [-0.15, -0.1) is 0 Å². The van der Waals surface area contributed by atoms with Gasteiger partial charge in [-0.25, -0.2) is 9.18 Å². The van der Waals surface area contributed by atoms with Crippen LogP contribution in [0.3, 0.4) is 0 Å². The lowest BCUT2D eigenvalue weighted by Crippen LogP contribution is -2.35. The standard InChI is InChI=1S/C20H20ClFN2O4/c21-16-5-6-17(22)18(11-16)23-19(25)13-28-20(26)15-3-1-14(2-4-15)12-24-7-9-27-10-8-24/h1-6,11H,7-10,12-13H2,(H,23,25). The van der Waals surface area contributed by atoms with E-state index in [0.29, 0.717) is 5.56 Å². The fraction of sp³-hybridized carbons (Fsp3) is 0.300. The molecule has 3 rings (SSSR count). The van der Waals surface area contributed by atoms with Crippen LogP contribution in [0.1, 0.15) is 15.9 Å². The molecule has 0 bridgehead atoms. The Morgan fingerprint density at radius 2 is 1.86 bits per heavy atom. The number of carbonyl (C=O) groups is 2. The Morgan fingerprint density at radius 1 is 1.14 bits per heavy atom. The number of halogens is 2. The Balaban J connectivity index is 1.48. The van der Waals surface area contributed by atoms with E-state index in [4.69, 9.17) is 21.1 Å². The molecule has 8 heteroatoms. The van der Waals surface area contributed by atoms with E-state index in [2.05, 4.69) is 10.2 Å². The molecule has 0 aromatic heterocycles. The summed E-state index contributed by atoms with van der Waals surface area (Å²) in [6.45, 7) is 3.47. The predicted molar refractivity (Wildman–Crippen MR) is 103 cm³/mol. The van der Waals surface area contributed by atoms with E-state index in [1.54, 1.807) is 12.1 Å². The van der Waals surface area contributed by atoms with Crippen LogP contribution in [0, 0.1) is 5.82 Å². The minimum Gasteiger partial charge on any atom is -0.452 e. The molecule has 0 radical (unpaired) electrons. The van der Waals surface area contributed by atoms with Crippen molar-refractivity contribution in [2.24, 2.45) is 0 Å². The SMILES string of the molecule is O=C(COC(=O)c1ccc(CN2CCOCC2)cc1)Nc1cc(Cl)ccc1F.